The van der Waals surface area contributed by atoms with Gasteiger partial charge in [-0.25, -0.2) is 22.2 Å². The molecule has 0 aliphatic carbocycles. The van der Waals surface area contributed by atoms with Gasteiger partial charge in [-0.1, -0.05) is 11.6 Å². The minimum Gasteiger partial charge on any atom is -0.396 e. The Morgan fingerprint density at radius 1 is 1.13 bits per heavy atom. The summed E-state index contributed by atoms with van der Waals surface area (Å²) in [5, 5.41) is 10.3. The molecule has 0 amide bonds. The second-order valence-electron chi connectivity index (χ2n) is 6.82. The van der Waals surface area contributed by atoms with Crippen LogP contribution in [-0.4, -0.2) is 31.7 Å². The zero-order valence-corrected chi connectivity index (χ0v) is 19.1. The first-order valence-corrected chi connectivity index (χ1v) is 12.1. The molecule has 0 radical (unpaired) electrons. The molecule has 0 aliphatic heterocycles. The van der Waals surface area contributed by atoms with Crippen molar-refractivity contribution in [1.29, 1.82) is 0 Å². The van der Waals surface area contributed by atoms with Gasteiger partial charge in [0, 0.05) is 42.0 Å². The van der Waals surface area contributed by atoms with Gasteiger partial charge >= 0.3 is 0 Å². The van der Waals surface area contributed by atoms with Crippen molar-refractivity contribution in [1.82, 2.24) is 4.98 Å². The number of hydrogen-bond acceptors (Lipinski definition) is 5. The standard InChI is InChI=1S/C21H21ClF2N2O3S2/c1-14-20(10-12-27)30-21(25-14)3-2-11-26(19-13-16(23)6-9-18(19)24)31(28,29)17-7-4-15(22)5-8-17/h4-9,13,27H,2-3,10-12H2,1H3. The number of aliphatic hydroxyl groups excluding tert-OH is 1. The molecule has 0 atom stereocenters. The van der Waals surface area contributed by atoms with Crippen LogP contribution in [0.3, 0.4) is 0 Å². The van der Waals surface area contributed by atoms with Crippen LogP contribution >= 0.6 is 22.9 Å². The number of aryl methyl sites for hydroxylation is 2. The van der Waals surface area contributed by atoms with Crippen molar-refractivity contribution in [3.8, 4) is 0 Å². The Balaban J connectivity index is 1.88. The average Bonchev–Trinajstić information content (AvgIpc) is 3.07. The van der Waals surface area contributed by atoms with Gasteiger partial charge in [-0.2, -0.15) is 0 Å². The SMILES string of the molecule is Cc1nc(CCCN(c2cc(F)ccc2F)S(=O)(=O)c2ccc(Cl)cc2)sc1CCO. The molecule has 1 aromatic heterocycles. The van der Waals surface area contributed by atoms with Gasteiger partial charge in [0.25, 0.3) is 10.0 Å². The fourth-order valence-corrected chi connectivity index (χ4v) is 5.81. The number of rotatable bonds is 9. The van der Waals surface area contributed by atoms with E-state index in [4.69, 9.17) is 16.7 Å². The van der Waals surface area contributed by atoms with Crippen LogP contribution in [0.1, 0.15) is 22.0 Å². The van der Waals surface area contributed by atoms with Crippen LogP contribution in [0.15, 0.2) is 47.4 Å². The lowest BCUT2D eigenvalue weighted by atomic mass is 10.2. The summed E-state index contributed by atoms with van der Waals surface area (Å²) in [6.07, 6.45) is 1.31. The molecule has 166 valence electrons. The van der Waals surface area contributed by atoms with Crippen LogP contribution in [-0.2, 0) is 22.9 Å². The Morgan fingerprint density at radius 2 is 1.84 bits per heavy atom. The van der Waals surface area contributed by atoms with Gasteiger partial charge in [0.15, 0.2) is 0 Å². The first-order valence-electron chi connectivity index (χ1n) is 9.52. The molecule has 0 saturated carbocycles. The monoisotopic (exact) mass is 486 g/mol. The maximum Gasteiger partial charge on any atom is 0.264 e. The Kier molecular flexibility index (Phi) is 7.64. The topological polar surface area (TPSA) is 70.5 Å². The normalized spacial score (nSPS) is 11.6. The largest absolute Gasteiger partial charge is 0.396 e. The molecule has 1 N–H and O–H groups in total. The number of sulfonamides is 1. The van der Waals surface area contributed by atoms with Gasteiger partial charge in [-0.3, -0.25) is 4.31 Å². The summed E-state index contributed by atoms with van der Waals surface area (Å²) >= 11 is 7.31. The van der Waals surface area contributed by atoms with E-state index in [2.05, 4.69) is 4.98 Å². The van der Waals surface area contributed by atoms with Crippen LogP contribution in [0.5, 0.6) is 0 Å². The molecule has 3 rings (SSSR count). The summed E-state index contributed by atoms with van der Waals surface area (Å²) in [4.78, 5) is 5.35. The van der Waals surface area contributed by atoms with E-state index in [9.17, 15) is 17.2 Å². The third-order valence-electron chi connectivity index (χ3n) is 4.61. The van der Waals surface area contributed by atoms with Crippen molar-refractivity contribution >= 4 is 38.6 Å². The smallest absolute Gasteiger partial charge is 0.264 e. The summed E-state index contributed by atoms with van der Waals surface area (Å²) in [6, 6.07) is 8.22. The number of benzene rings is 2. The number of nitrogens with zero attached hydrogens (tertiary/aromatic N) is 2. The van der Waals surface area contributed by atoms with Crippen molar-refractivity contribution in [2.75, 3.05) is 17.5 Å². The van der Waals surface area contributed by atoms with E-state index < -0.39 is 21.7 Å². The van der Waals surface area contributed by atoms with Gasteiger partial charge in [0.1, 0.15) is 11.6 Å². The summed E-state index contributed by atoms with van der Waals surface area (Å²) in [6.45, 7) is 1.80. The van der Waals surface area contributed by atoms with Crippen molar-refractivity contribution in [2.24, 2.45) is 0 Å². The summed E-state index contributed by atoms with van der Waals surface area (Å²) in [7, 11) is -4.16. The molecular formula is C21H21ClF2N2O3S2. The summed E-state index contributed by atoms with van der Waals surface area (Å²) in [5.74, 6) is -1.58. The highest BCUT2D eigenvalue weighted by Crippen LogP contribution is 2.29. The van der Waals surface area contributed by atoms with Crippen LogP contribution < -0.4 is 4.31 Å². The Labute approximate surface area is 189 Å². The molecule has 0 fully saturated rings. The molecule has 0 saturated heterocycles. The van der Waals surface area contributed by atoms with Crippen molar-refractivity contribution in [3.05, 3.63) is 74.7 Å². The maximum absolute atomic E-state index is 14.5. The summed E-state index contributed by atoms with van der Waals surface area (Å²) < 4.78 is 55.7. The second kappa shape index (κ2) is 10.0. The maximum atomic E-state index is 14.5. The van der Waals surface area contributed by atoms with Crippen LogP contribution in [0.2, 0.25) is 5.02 Å². The van der Waals surface area contributed by atoms with Crippen LogP contribution in [0, 0.1) is 18.6 Å². The van der Waals surface area contributed by atoms with E-state index in [0.717, 1.165) is 38.1 Å². The second-order valence-corrected chi connectivity index (χ2v) is 10.3. The number of anilines is 1. The molecule has 31 heavy (non-hydrogen) atoms. The Bertz CT molecular complexity index is 1150. The van der Waals surface area contributed by atoms with Gasteiger partial charge in [-0.05, 0) is 49.7 Å². The predicted molar refractivity (Wildman–Crippen MR) is 118 cm³/mol. The van der Waals surface area contributed by atoms with Gasteiger partial charge in [0.05, 0.1) is 21.3 Å². The zero-order valence-electron chi connectivity index (χ0n) is 16.7. The average molecular weight is 487 g/mol. The predicted octanol–water partition coefficient (Wildman–Crippen LogP) is 4.75. The molecule has 1 heterocycles. The highest BCUT2D eigenvalue weighted by molar-refractivity contribution is 7.92. The third kappa shape index (κ3) is 5.60. The quantitative estimate of drug-likeness (QED) is 0.474. The Morgan fingerprint density at radius 3 is 2.52 bits per heavy atom. The van der Waals surface area contributed by atoms with E-state index in [1.54, 1.807) is 0 Å². The molecule has 2 aromatic carbocycles. The molecule has 5 nitrogen and oxygen atoms in total. The van der Waals surface area contributed by atoms with Gasteiger partial charge < -0.3 is 5.11 Å². The molecule has 0 spiro atoms. The number of halogens is 3. The third-order valence-corrected chi connectivity index (χ3v) is 7.96. The van der Waals surface area contributed by atoms with E-state index in [1.165, 1.54) is 35.6 Å². The lowest BCUT2D eigenvalue weighted by Crippen LogP contribution is -2.33. The number of thiazole rings is 1. The molecule has 10 heteroatoms. The van der Waals surface area contributed by atoms with E-state index in [-0.39, 0.29) is 23.7 Å². The minimum absolute atomic E-state index is 0.0223. The number of hydrogen-bond donors (Lipinski definition) is 1. The van der Waals surface area contributed by atoms with Crippen LogP contribution in [0.25, 0.3) is 0 Å². The summed E-state index contributed by atoms with van der Waals surface area (Å²) in [5.41, 5.74) is 0.474. The molecule has 0 aliphatic rings. The zero-order chi connectivity index (χ0) is 22.6. The van der Waals surface area contributed by atoms with Crippen molar-refractivity contribution < 1.29 is 22.3 Å². The fraction of sp³-hybridized carbons (Fsp3) is 0.286. The molecule has 0 unspecified atom stereocenters. The molecular weight excluding hydrogens is 466 g/mol. The van der Waals surface area contributed by atoms with Crippen LogP contribution in [0.4, 0.5) is 14.5 Å². The van der Waals surface area contributed by atoms with E-state index in [0.29, 0.717) is 24.3 Å². The van der Waals surface area contributed by atoms with E-state index in [1.807, 2.05) is 6.92 Å². The first-order chi connectivity index (χ1) is 14.7. The number of aliphatic hydroxyl groups is 1. The van der Waals surface area contributed by atoms with Crippen molar-refractivity contribution in [3.63, 3.8) is 0 Å². The highest BCUT2D eigenvalue weighted by Gasteiger charge is 2.27. The van der Waals surface area contributed by atoms with Gasteiger partial charge in [0.2, 0.25) is 0 Å². The van der Waals surface area contributed by atoms with E-state index >= 15 is 0 Å². The molecule has 3 aromatic rings. The highest BCUT2D eigenvalue weighted by atomic mass is 35.5. The fourth-order valence-electron chi connectivity index (χ4n) is 3.08. The molecule has 0 bridgehead atoms. The lowest BCUT2D eigenvalue weighted by Gasteiger charge is -2.25. The first kappa shape index (κ1) is 23.6. The van der Waals surface area contributed by atoms with Gasteiger partial charge in [-0.15, -0.1) is 11.3 Å². The number of aromatic nitrogens is 1. The Hall–Kier alpha value is -2.07. The van der Waals surface area contributed by atoms with Crippen molar-refractivity contribution in [2.45, 2.75) is 31.1 Å². The lowest BCUT2D eigenvalue weighted by molar-refractivity contribution is 0.300. The minimum atomic E-state index is -4.16.